The molecule has 138 valence electrons. The van der Waals surface area contributed by atoms with Gasteiger partial charge in [-0.2, -0.15) is 9.99 Å². The van der Waals surface area contributed by atoms with Gasteiger partial charge in [-0.1, -0.05) is 23.4 Å². The number of nitrogens with zero attached hydrogens (tertiary/aromatic N) is 7. The van der Waals surface area contributed by atoms with Crippen LogP contribution in [0.4, 0.5) is 11.7 Å². The zero-order valence-electron chi connectivity index (χ0n) is 14.3. The Labute approximate surface area is 160 Å². The number of hydrazine groups is 1. The molecule has 0 radical (unpaired) electrons. The van der Waals surface area contributed by atoms with Crippen LogP contribution in [0.3, 0.4) is 0 Å². The van der Waals surface area contributed by atoms with Crippen LogP contribution < -0.4 is 9.91 Å². The third kappa shape index (κ3) is 2.18. The van der Waals surface area contributed by atoms with Crippen molar-refractivity contribution in [2.45, 2.75) is 18.5 Å². The van der Waals surface area contributed by atoms with Crippen molar-refractivity contribution in [3.05, 3.63) is 47.7 Å². The summed E-state index contributed by atoms with van der Waals surface area (Å²) >= 11 is 6.29. The van der Waals surface area contributed by atoms with Crippen LogP contribution in [0.5, 0.6) is 0 Å². The fourth-order valence-corrected chi connectivity index (χ4v) is 4.15. The molecule has 1 saturated heterocycles. The number of anilines is 2. The highest BCUT2D eigenvalue weighted by Crippen LogP contribution is 2.46. The topological polar surface area (TPSA) is 73.5 Å². The number of fused-ring (bicyclic) bond motifs is 6. The van der Waals surface area contributed by atoms with Crippen LogP contribution in [0.25, 0.3) is 0 Å². The number of aromatic nitrogens is 2. The normalized spacial score (nSPS) is 25.7. The van der Waals surface area contributed by atoms with Gasteiger partial charge < -0.3 is 14.2 Å². The summed E-state index contributed by atoms with van der Waals surface area (Å²) in [6, 6.07) is 8.59. The Kier molecular flexibility index (Phi) is 3.18. The molecule has 0 spiro atoms. The molecule has 6 rings (SSSR count). The van der Waals surface area contributed by atoms with Crippen LogP contribution in [-0.2, 0) is 4.74 Å². The van der Waals surface area contributed by atoms with Crippen LogP contribution in [0.1, 0.15) is 29.9 Å². The van der Waals surface area contributed by atoms with E-state index in [2.05, 4.69) is 27.2 Å². The molecule has 4 aliphatic rings. The van der Waals surface area contributed by atoms with Gasteiger partial charge in [-0.05, 0) is 12.5 Å². The quantitative estimate of drug-likeness (QED) is 0.729. The number of aliphatic imine (C=N–C) groups is 1. The number of hydrogen-bond acceptors (Lipinski definition) is 9. The number of para-hydroxylation sites is 1. The molecule has 1 aromatic heterocycles. The molecular weight excluding hydrogens is 370 g/mol. The first kappa shape index (κ1) is 15.3. The molecule has 1 fully saturated rings. The van der Waals surface area contributed by atoms with Crippen molar-refractivity contribution < 1.29 is 9.26 Å². The van der Waals surface area contributed by atoms with Crippen molar-refractivity contribution >= 4 is 29.8 Å². The lowest BCUT2D eigenvalue weighted by atomic mass is 10.1. The molecule has 0 amide bonds. The van der Waals surface area contributed by atoms with E-state index in [1.807, 2.05) is 23.3 Å². The molecule has 5 heterocycles. The maximum Gasteiger partial charge on any atom is 0.348 e. The number of ether oxygens (including phenoxy) is 1. The van der Waals surface area contributed by atoms with Crippen molar-refractivity contribution in [1.82, 2.24) is 19.6 Å². The molecule has 0 saturated carbocycles. The number of hydrogen-bond donors (Lipinski definition) is 0. The number of halogens is 1. The van der Waals surface area contributed by atoms with E-state index in [1.54, 1.807) is 15.8 Å². The van der Waals surface area contributed by atoms with Crippen molar-refractivity contribution in [3.63, 3.8) is 0 Å². The minimum Gasteiger partial charge on any atom is -0.381 e. The van der Waals surface area contributed by atoms with Crippen molar-refractivity contribution in [2.75, 3.05) is 29.8 Å². The number of benzene rings is 1. The Balaban J connectivity index is 1.40. The molecular formula is C17H16ClN7O2. The van der Waals surface area contributed by atoms with E-state index in [0.29, 0.717) is 25.1 Å². The van der Waals surface area contributed by atoms with E-state index in [1.165, 1.54) is 0 Å². The van der Waals surface area contributed by atoms with Gasteiger partial charge in [-0.25, -0.2) is 10.0 Å². The Bertz CT molecular complexity index is 954. The zero-order chi connectivity index (χ0) is 18.0. The molecule has 2 aromatic rings. The maximum atomic E-state index is 6.29. The summed E-state index contributed by atoms with van der Waals surface area (Å²) in [6.07, 6.45) is 4.32. The van der Waals surface area contributed by atoms with Crippen LogP contribution in [0.2, 0.25) is 0 Å². The molecule has 2 atom stereocenters. The lowest BCUT2D eigenvalue weighted by molar-refractivity contribution is 0.192. The summed E-state index contributed by atoms with van der Waals surface area (Å²) in [5.74, 6) is 1.77. The van der Waals surface area contributed by atoms with Gasteiger partial charge in [0.2, 0.25) is 0 Å². The molecule has 0 aliphatic carbocycles. The van der Waals surface area contributed by atoms with E-state index < -0.39 is 0 Å². The van der Waals surface area contributed by atoms with E-state index in [-0.39, 0.29) is 12.1 Å². The van der Waals surface area contributed by atoms with Gasteiger partial charge in [0.05, 0.1) is 18.5 Å². The van der Waals surface area contributed by atoms with Gasteiger partial charge in [-0.15, -0.1) is 0 Å². The largest absolute Gasteiger partial charge is 0.381 e. The smallest absolute Gasteiger partial charge is 0.348 e. The molecule has 0 N–H and O–H groups in total. The third-order valence-corrected chi connectivity index (χ3v) is 5.46. The minimum atomic E-state index is -0.197. The van der Waals surface area contributed by atoms with Gasteiger partial charge in [0.1, 0.15) is 18.8 Å². The van der Waals surface area contributed by atoms with Gasteiger partial charge in [0, 0.05) is 29.9 Å². The van der Waals surface area contributed by atoms with Crippen LogP contribution in [-0.4, -0.2) is 45.8 Å². The second-order valence-electron chi connectivity index (χ2n) is 6.84. The lowest BCUT2D eigenvalue weighted by Gasteiger charge is -2.41. The first-order chi connectivity index (χ1) is 13.3. The zero-order valence-corrected chi connectivity index (χ0v) is 15.0. The Morgan fingerprint density at radius 3 is 3.04 bits per heavy atom. The van der Waals surface area contributed by atoms with Crippen molar-refractivity contribution in [1.29, 1.82) is 0 Å². The molecule has 0 bridgehead atoms. The highest BCUT2D eigenvalue weighted by molar-refractivity contribution is 6.14. The van der Waals surface area contributed by atoms with Gasteiger partial charge in [0.25, 0.3) is 0 Å². The van der Waals surface area contributed by atoms with Gasteiger partial charge >= 0.3 is 6.01 Å². The molecule has 9 nitrogen and oxygen atoms in total. The maximum absolute atomic E-state index is 6.29. The van der Waals surface area contributed by atoms with Crippen molar-refractivity contribution in [2.24, 2.45) is 4.99 Å². The highest BCUT2D eigenvalue weighted by Gasteiger charge is 2.45. The van der Waals surface area contributed by atoms with E-state index >= 15 is 0 Å². The lowest BCUT2D eigenvalue weighted by Crippen LogP contribution is -2.46. The average molecular weight is 386 g/mol. The summed E-state index contributed by atoms with van der Waals surface area (Å²) in [5.41, 5.74) is 2.20. The summed E-state index contributed by atoms with van der Waals surface area (Å²) in [5, 5.41) is 7.97. The van der Waals surface area contributed by atoms with E-state index in [0.717, 1.165) is 30.1 Å². The van der Waals surface area contributed by atoms with Crippen molar-refractivity contribution in [3.8, 4) is 0 Å². The fourth-order valence-electron chi connectivity index (χ4n) is 3.95. The molecule has 10 heteroatoms. The van der Waals surface area contributed by atoms with Crippen LogP contribution in [0.15, 0.2) is 45.8 Å². The SMILES string of the molecule is ClN1C=C2N(C1)c1ccccc1C1N=CN(c3nc(C4CCOC4)no3)N21. The summed E-state index contributed by atoms with van der Waals surface area (Å²) in [7, 11) is 0. The molecule has 27 heavy (non-hydrogen) atoms. The third-order valence-electron chi connectivity index (χ3n) is 5.25. The van der Waals surface area contributed by atoms with E-state index in [4.69, 9.17) is 26.0 Å². The summed E-state index contributed by atoms with van der Waals surface area (Å²) in [6.45, 7) is 1.92. The fraction of sp³-hybridized carbons (Fsp3) is 0.353. The summed E-state index contributed by atoms with van der Waals surface area (Å²) in [4.78, 5) is 11.4. The predicted octanol–water partition coefficient (Wildman–Crippen LogP) is 2.38. The molecule has 2 unspecified atom stereocenters. The number of rotatable bonds is 2. The molecule has 1 aromatic carbocycles. The predicted molar refractivity (Wildman–Crippen MR) is 97.6 cm³/mol. The Hall–Kier alpha value is -2.78. The Morgan fingerprint density at radius 1 is 1.22 bits per heavy atom. The minimum absolute atomic E-state index is 0.181. The van der Waals surface area contributed by atoms with E-state index in [9.17, 15) is 0 Å². The van der Waals surface area contributed by atoms with Gasteiger partial charge in [-0.3, -0.25) is 4.42 Å². The van der Waals surface area contributed by atoms with Crippen LogP contribution >= 0.6 is 11.8 Å². The summed E-state index contributed by atoms with van der Waals surface area (Å²) < 4.78 is 12.6. The highest BCUT2D eigenvalue weighted by atomic mass is 35.5. The standard InChI is InChI=1S/C17H16ClN7O2/c18-22-7-14-23(10-22)13-4-2-1-3-12(13)16-19-9-24(25(14)16)17-20-15(21-27-17)11-5-6-26-8-11/h1-4,7,9,11,16H,5-6,8,10H2. The molecule has 4 aliphatic heterocycles. The second kappa shape index (κ2) is 5.61. The first-order valence-corrected chi connectivity index (χ1v) is 9.17. The average Bonchev–Trinajstić information content (AvgIpc) is 3.44. The monoisotopic (exact) mass is 385 g/mol. The Morgan fingerprint density at radius 2 is 2.15 bits per heavy atom. The van der Waals surface area contributed by atoms with Gasteiger partial charge in [0.15, 0.2) is 12.0 Å². The first-order valence-electron chi connectivity index (χ1n) is 8.83. The second-order valence-corrected chi connectivity index (χ2v) is 7.27. The van der Waals surface area contributed by atoms with Crippen LogP contribution in [0, 0.1) is 0 Å².